The molecule has 0 aliphatic carbocycles. The molecule has 3 heterocycles. The molecule has 1 N–H and O–H groups in total. The second-order valence-corrected chi connectivity index (χ2v) is 8.81. The van der Waals surface area contributed by atoms with Crippen LogP contribution in [-0.2, 0) is 27.3 Å². The Kier molecular flexibility index (Phi) is 10.5. The van der Waals surface area contributed by atoms with Crippen LogP contribution >= 0.6 is 24.0 Å². The average molecular weight is 559 g/mol. The van der Waals surface area contributed by atoms with E-state index in [9.17, 15) is 0 Å². The molecule has 0 saturated carbocycles. The molecule has 4 rings (SSSR count). The van der Waals surface area contributed by atoms with Crippen LogP contribution in [0, 0.1) is 0 Å². The summed E-state index contributed by atoms with van der Waals surface area (Å²) in [4.78, 5) is 9.77. The smallest absolute Gasteiger partial charge is 0.194 e. The monoisotopic (exact) mass is 558 g/mol. The molecule has 3 aliphatic rings. The second kappa shape index (κ2) is 13.1. The molecule has 1 aromatic carbocycles. The minimum atomic E-state index is 0. The lowest BCUT2D eigenvalue weighted by Gasteiger charge is -2.37. The van der Waals surface area contributed by atoms with Gasteiger partial charge in [0.2, 0.25) is 0 Å². The van der Waals surface area contributed by atoms with Gasteiger partial charge in [-0.3, -0.25) is 4.90 Å². The Labute approximate surface area is 209 Å². The minimum absolute atomic E-state index is 0. The fourth-order valence-electron chi connectivity index (χ4n) is 4.70. The number of nitrogens with one attached hydrogen (secondary N) is 1. The number of hydrogen-bond acceptors (Lipinski definition) is 5. The highest BCUT2D eigenvalue weighted by Gasteiger charge is 2.32. The largest absolute Gasteiger partial charge is 0.376 e. The Balaban J connectivity index is 0.00000289. The van der Waals surface area contributed by atoms with Crippen LogP contribution in [0.25, 0.3) is 0 Å². The van der Waals surface area contributed by atoms with E-state index in [0.29, 0.717) is 12.6 Å². The normalized spacial score (nSPS) is 27.2. The maximum atomic E-state index is 6.02. The predicted molar refractivity (Wildman–Crippen MR) is 138 cm³/mol. The van der Waals surface area contributed by atoms with Crippen molar-refractivity contribution in [3.05, 3.63) is 35.4 Å². The molecule has 3 saturated heterocycles. The maximum Gasteiger partial charge on any atom is 0.194 e. The van der Waals surface area contributed by atoms with Gasteiger partial charge in [-0.25, -0.2) is 4.99 Å². The quantitative estimate of drug-likeness (QED) is 0.330. The van der Waals surface area contributed by atoms with Gasteiger partial charge in [0.05, 0.1) is 32.0 Å². The first-order chi connectivity index (χ1) is 15.2. The molecule has 32 heavy (non-hydrogen) atoms. The van der Waals surface area contributed by atoms with Crippen molar-refractivity contribution < 1.29 is 14.2 Å². The lowest BCUT2D eigenvalue weighted by Crippen LogP contribution is -2.53. The van der Waals surface area contributed by atoms with Crippen molar-refractivity contribution in [2.24, 2.45) is 4.99 Å². The predicted octanol–water partition coefficient (Wildman–Crippen LogP) is 2.87. The first kappa shape index (κ1) is 25.7. The van der Waals surface area contributed by atoms with Crippen molar-refractivity contribution in [3.8, 4) is 0 Å². The summed E-state index contributed by atoms with van der Waals surface area (Å²) in [5.74, 6) is 0.973. The maximum absolute atomic E-state index is 6.02. The molecule has 0 aromatic heterocycles. The van der Waals surface area contributed by atoms with Crippen LogP contribution in [0.5, 0.6) is 0 Å². The SMILES string of the molecule is CCNC(=NCc1cccc(CN2CCOC(C)C2)c1)N1CCOC(C2CCCO2)C1.I. The van der Waals surface area contributed by atoms with Gasteiger partial charge < -0.3 is 24.4 Å². The number of nitrogens with zero attached hydrogens (tertiary/aromatic N) is 3. The van der Waals surface area contributed by atoms with Crippen LogP contribution in [0.3, 0.4) is 0 Å². The summed E-state index contributed by atoms with van der Waals surface area (Å²) in [6.07, 6.45) is 2.92. The Bertz CT molecular complexity index is 729. The molecule has 3 fully saturated rings. The first-order valence-electron chi connectivity index (χ1n) is 11.9. The van der Waals surface area contributed by atoms with E-state index in [4.69, 9.17) is 19.2 Å². The number of morpholine rings is 2. The molecular formula is C24H39IN4O3. The van der Waals surface area contributed by atoms with Crippen LogP contribution in [0.4, 0.5) is 0 Å². The third-order valence-electron chi connectivity index (χ3n) is 6.24. The van der Waals surface area contributed by atoms with E-state index in [0.717, 1.165) is 77.9 Å². The second-order valence-electron chi connectivity index (χ2n) is 8.81. The molecule has 0 amide bonds. The topological polar surface area (TPSA) is 58.6 Å². The van der Waals surface area contributed by atoms with Gasteiger partial charge >= 0.3 is 0 Å². The lowest BCUT2D eigenvalue weighted by atomic mass is 10.1. The molecule has 0 radical (unpaired) electrons. The molecule has 3 unspecified atom stereocenters. The lowest BCUT2D eigenvalue weighted by molar-refractivity contribution is -0.0817. The van der Waals surface area contributed by atoms with Gasteiger partial charge in [0.15, 0.2) is 5.96 Å². The molecule has 3 atom stereocenters. The van der Waals surface area contributed by atoms with Gasteiger partial charge in [-0.2, -0.15) is 0 Å². The zero-order chi connectivity index (χ0) is 21.5. The van der Waals surface area contributed by atoms with Crippen LogP contribution in [0.2, 0.25) is 0 Å². The third kappa shape index (κ3) is 7.28. The molecule has 7 nitrogen and oxygen atoms in total. The number of halogens is 1. The molecule has 0 bridgehead atoms. The Morgan fingerprint density at radius 2 is 1.88 bits per heavy atom. The van der Waals surface area contributed by atoms with Gasteiger partial charge in [0.1, 0.15) is 6.10 Å². The van der Waals surface area contributed by atoms with Crippen LogP contribution < -0.4 is 5.32 Å². The summed E-state index contributed by atoms with van der Waals surface area (Å²) in [6.45, 7) is 12.9. The summed E-state index contributed by atoms with van der Waals surface area (Å²) < 4.78 is 17.6. The van der Waals surface area contributed by atoms with E-state index in [1.807, 2.05) is 0 Å². The fraction of sp³-hybridized carbons (Fsp3) is 0.708. The van der Waals surface area contributed by atoms with Crippen LogP contribution in [0.15, 0.2) is 29.3 Å². The molecule has 1 aromatic rings. The van der Waals surface area contributed by atoms with Crippen molar-refractivity contribution in [2.45, 2.75) is 58.1 Å². The van der Waals surface area contributed by atoms with Crippen molar-refractivity contribution in [1.82, 2.24) is 15.1 Å². The molecule has 3 aliphatic heterocycles. The first-order valence-corrected chi connectivity index (χ1v) is 11.9. The zero-order valence-corrected chi connectivity index (χ0v) is 21.8. The highest BCUT2D eigenvalue weighted by Crippen LogP contribution is 2.21. The highest BCUT2D eigenvalue weighted by molar-refractivity contribution is 14.0. The number of benzene rings is 1. The molecular weight excluding hydrogens is 519 g/mol. The standard InChI is InChI=1S/C24H38N4O3.HI/c1-3-25-24(28-10-13-31-23(18-28)22-8-5-11-30-22)26-15-20-6-4-7-21(14-20)17-27-9-12-29-19(2)16-27;/h4,6-7,14,19,22-23H,3,5,8-13,15-18H2,1-2H3,(H,25,26);1H. The fourth-order valence-corrected chi connectivity index (χ4v) is 4.70. The van der Waals surface area contributed by atoms with E-state index in [1.54, 1.807) is 0 Å². The number of guanidine groups is 1. The van der Waals surface area contributed by atoms with E-state index in [1.165, 1.54) is 11.1 Å². The molecule has 8 heteroatoms. The third-order valence-corrected chi connectivity index (χ3v) is 6.24. The van der Waals surface area contributed by atoms with Gasteiger partial charge in [0, 0.05) is 45.9 Å². The van der Waals surface area contributed by atoms with E-state index >= 15 is 0 Å². The summed E-state index contributed by atoms with van der Waals surface area (Å²) >= 11 is 0. The van der Waals surface area contributed by atoms with Gasteiger partial charge in [-0.05, 0) is 37.8 Å². The van der Waals surface area contributed by atoms with Gasteiger partial charge in [0.25, 0.3) is 0 Å². The minimum Gasteiger partial charge on any atom is -0.376 e. The number of rotatable bonds is 6. The Morgan fingerprint density at radius 1 is 1.06 bits per heavy atom. The van der Waals surface area contributed by atoms with Crippen LogP contribution in [-0.4, -0.2) is 86.6 Å². The summed E-state index contributed by atoms with van der Waals surface area (Å²) in [5, 5.41) is 3.48. The zero-order valence-electron chi connectivity index (χ0n) is 19.5. The molecule has 180 valence electrons. The van der Waals surface area contributed by atoms with Gasteiger partial charge in [-0.15, -0.1) is 24.0 Å². The number of hydrogen-bond donors (Lipinski definition) is 1. The van der Waals surface area contributed by atoms with Crippen LogP contribution in [0.1, 0.15) is 37.8 Å². The van der Waals surface area contributed by atoms with E-state index in [2.05, 4.69) is 53.2 Å². The summed E-state index contributed by atoms with van der Waals surface area (Å²) in [7, 11) is 0. The average Bonchev–Trinajstić information content (AvgIpc) is 3.32. The van der Waals surface area contributed by atoms with E-state index < -0.39 is 0 Å². The van der Waals surface area contributed by atoms with Crippen molar-refractivity contribution in [1.29, 1.82) is 0 Å². The number of ether oxygens (including phenoxy) is 3. The van der Waals surface area contributed by atoms with Crippen molar-refractivity contribution in [3.63, 3.8) is 0 Å². The number of aliphatic imine (C=N–C) groups is 1. The summed E-state index contributed by atoms with van der Waals surface area (Å²) in [6, 6.07) is 8.83. The Hall–Kier alpha value is -0.940. The Morgan fingerprint density at radius 3 is 2.66 bits per heavy atom. The highest BCUT2D eigenvalue weighted by atomic mass is 127. The van der Waals surface area contributed by atoms with Crippen molar-refractivity contribution >= 4 is 29.9 Å². The molecule has 0 spiro atoms. The van der Waals surface area contributed by atoms with Crippen molar-refractivity contribution in [2.75, 3.05) is 52.5 Å². The van der Waals surface area contributed by atoms with Gasteiger partial charge in [-0.1, -0.05) is 24.3 Å². The summed E-state index contributed by atoms with van der Waals surface area (Å²) in [5.41, 5.74) is 2.59. The van der Waals surface area contributed by atoms with E-state index in [-0.39, 0.29) is 36.2 Å².